The van der Waals surface area contributed by atoms with Gasteiger partial charge in [-0.25, -0.2) is 0 Å². The van der Waals surface area contributed by atoms with E-state index in [2.05, 4.69) is 5.32 Å². The summed E-state index contributed by atoms with van der Waals surface area (Å²) in [6, 6.07) is 12.4. The first-order chi connectivity index (χ1) is 13.3. The molecule has 0 atom stereocenters. The van der Waals surface area contributed by atoms with Crippen LogP contribution in [0.25, 0.3) is 10.9 Å². The molecule has 3 rings (SSSR count). The maximum Gasteiger partial charge on any atom is 0.418 e. The van der Waals surface area contributed by atoms with Crippen LogP contribution in [0.15, 0.2) is 54.7 Å². The number of rotatable bonds is 4. The SMILES string of the molecule is Cn1ccc2cc(CCNC(=O)C(=O)Nc3ccccc3C(F)(F)F)ccc21. The highest BCUT2D eigenvalue weighted by Crippen LogP contribution is 2.34. The van der Waals surface area contributed by atoms with Gasteiger partial charge >= 0.3 is 18.0 Å². The Kier molecular flexibility index (Phi) is 5.39. The molecule has 0 fully saturated rings. The number of nitrogens with zero attached hydrogens (tertiary/aromatic N) is 1. The zero-order chi connectivity index (χ0) is 20.3. The summed E-state index contributed by atoms with van der Waals surface area (Å²) in [4.78, 5) is 23.8. The third-order valence-electron chi connectivity index (χ3n) is 4.34. The van der Waals surface area contributed by atoms with Gasteiger partial charge in [0.05, 0.1) is 11.3 Å². The molecule has 0 spiro atoms. The summed E-state index contributed by atoms with van der Waals surface area (Å²) < 4.78 is 40.8. The Labute approximate surface area is 159 Å². The molecule has 0 aliphatic carbocycles. The molecule has 0 radical (unpaired) electrons. The first kappa shape index (κ1) is 19.5. The van der Waals surface area contributed by atoms with Crippen molar-refractivity contribution < 1.29 is 22.8 Å². The van der Waals surface area contributed by atoms with Crippen molar-refractivity contribution in [2.24, 2.45) is 7.05 Å². The molecule has 2 aromatic carbocycles. The van der Waals surface area contributed by atoms with Gasteiger partial charge in [0.15, 0.2) is 0 Å². The topological polar surface area (TPSA) is 63.1 Å². The number of aromatic nitrogens is 1. The molecule has 0 unspecified atom stereocenters. The van der Waals surface area contributed by atoms with E-state index in [0.29, 0.717) is 6.42 Å². The fourth-order valence-electron chi connectivity index (χ4n) is 2.91. The van der Waals surface area contributed by atoms with Crippen LogP contribution in [-0.2, 0) is 29.2 Å². The average molecular weight is 389 g/mol. The summed E-state index contributed by atoms with van der Waals surface area (Å²) in [6.45, 7) is 0.186. The van der Waals surface area contributed by atoms with Gasteiger partial charge < -0.3 is 15.2 Å². The lowest BCUT2D eigenvalue weighted by Gasteiger charge is -2.13. The minimum atomic E-state index is -4.63. The zero-order valence-corrected chi connectivity index (χ0v) is 15.0. The number of carbonyl (C=O) groups is 2. The summed E-state index contributed by atoms with van der Waals surface area (Å²) in [7, 11) is 1.94. The third kappa shape index (κ3) is 4.33. The van der Waals surface area contributed by atoms with Gasteiger partial charge in [0.1, 0.15) is 0 Å². The van der Waals surface area contributed by atoms with Crippen molar-refractivity contribution in [3.05, 3.63) is 65.9 Å². The molecule has 8 heteroatoms. The lowest BCUT2D eigenvalue weighted by Crippen LogP contribution is -2.36. The Morgan fingerprint density at radius 1 is 1.04 bits per heavy atom. The van der Waals surface area contributed by atoms with Gasteiger partial charge in [0.2, 0.25) is 0 Å². The Balaban J connectivity index is 1.57. The number of fused-ring (bicyclic) bond motifs is 1. The lowest BCUT2D eigenvalue weighted by molar-refractivity contribution is -0.138. The summed E-state index contributed by atoms with van der Waals surface area (Å²) in [5.41, 5.74) is 0.592. The second-order valence-corrected chi connectivity index (χ2v) is 6.32. The Bertz CT molecular complexity index is 1020. The fraction of sp³-hybridized carbons (Fsp3) is 0.200. The molecule has 5 nitrogen and oxygen atoms in total. The van der Waals surface area contributed by atoms with E-state index in [9.17, 15) is 22.8 Å². The minimum Gasteiger partial charge on any atom is -0.351 e. The third-order valence-corrected chi connectivity index (χ3v) is 4.34. The Morgan fingerprint density at radius 3 is 2.54 bits per heavy atom. The highest BCUT2D eigenvalue weighted by molar-refractivity contribution is 6.39. The maximum absolute atomic E-state index is 12.9. The van der Waals surface area contributed by atoms with Crippen molar-refractivity contribution in [1.29, 1.82) is 0 Å². The van der Waals surface area contributed by atoms with Crippen molar-refractivity contribution >= 4 is 28.4 Å². The first-order valence-corrected chi connectivity index (χ1v) is 8.55. The van der Waals surface area contributed by atoms with Gasteiger partial charge in [0.25, 0.3) is 0 Å². The molecule has 2 amide bonds. The van der Waals surface area contributed by atoms with Crippen molar-refractivity contribution in [1.82, 2.24) is 9.88 Å². The molecule has 146 valence electrons. The van der Waals surface area contributed by atoms with E-state index >= 15 is 0 Å². The van der Waals surface area contributed by atoms with Crippen LogP contribution < -0.4 is 10.6 Å². The van der Waals surface area contributed by atoms with Crippen LogP contribution in [0.3, 0.4) is 0 Å². The molecule has 0 saturated heterocycles. The van der Waals surface area contributed by atoms with Gasteiger partial charge in [0, 0.05) is 25.3 Å². The van der Waals surface area contributed by atoms with Crippen molar-refractivity contribution in [3.8, 4) is 0 Å². The minimum absolute atomic E-state index is 0.186. The molecule has 0 aliphatic heterocycles. The van der Waals surface area contributed by atoms with Crippen molar-refractivity contribution in [2.45, 2.75) is 12.6 Å². The largest absolute Gasteiger partial charge is 0.418 e. The van der Waals surface area contributed by atoms with Crippen molar-refractivity contribution in [3.63, 3.8) is 0 Å². The van der Waals surface area contributed by atoms with Crippen LogP contribution >= 0.6 is 0 Å². The van der Waals surface area contributed by atoms with Gasteiger partial charge in [-0.05, 0) is 47.7 Å². The Morgan fingerprint density at radius 2 is 1.79 bits per heavy atom. The van der Waals surface area contributed by atoms with Gasteiger partial charge in [-0.2, -0.15) is 13.2 Å². The quantitative estimate of drug-likeness (QED) is 0.671. The summed E-state index contributed by atoms with van der Waals surface area (Å²) in [5, 5.41) is 5.51. The van der Waals surface area contributed by atoms with E-state index in [0.717, 1.165) is 28.6 Å². The molecule has 2 N–H and O–H groups in total. The van der Waals surface area contributed by atoms with Gasteiger partial charge in [-0.15, -0.1) is 0 Å². The molecule has 0 aliphatic rings. The van der Waals surface area contributed by atoms with E-state index in [4.69, 9.17) is 0 Å². The van der Waals surface area contributed by atoms with E-state index in [-0.39, 0.29) is 6.54 Å². The summed E-state index contributed by atoms with van der Waals surface area (Å²) >= 11 is 0. The van der Waals surface area contributed by atoms with E-state index < -0.39 is 29.2 Å². The molecule has 1 heterocycles. The second-order valence-electron chi connectivity index (χ2n) is 6.32. The van der Waals surface area contributed by atoms with Crippen LogP contribution in [0.4, 0.5) is 18.9 Å². The highest BCUT2D eigenvalue weighted by atomic mass is 19.4. The normalized spacial score (nSPS) is 11.4. The van der Waals surface area contributed by atoms with E-state index in [1.807, 2.05) is 47.4 Å². The molecule has 3 aromatic rings. The number of carbonyl (C=O) groups excluding carboxylic acids is 2. The molecule has 0 saturated carbocycles. The number of amides is 2. The smallest absolute Gasteiger partial charge is 0.351 e. The molecule has 28 heavy (non-hydrogen) atoms. The number of aryl methyl sites for hydroxylation is 1. The summed E-state index contributed by atoms with van der Waals surface area (Å²) in [6.07, 6.45) is -2.20. The van der Waals surface area contributed by atoms with Crippen LogP contribution in [0, 0.1) is 0 Å². The van der Waals surface area contributed by atoms with Crippen LogP contribution in [0.1, 0.15) is 11.1 Å². The van der Waals surface area contributed by atoms with Gasteiger partial charge in [-0.1, -0.05) is 18.2 Å². The van der Waals surface area contributed by atoms with E-state index in [1.54, 1.807) is 0 Å². The van der Waals surface area contributed by atoms with E-state index in [1.165, 1.54) is 12.1 Å². The fourth-order valence-corrected chi connectivity index (χ4v) is 2.91. The second kappa shape index (κ2) is 7.75. The molecule has 0 bridgehead atoms. The number of hydrogen-bond acceptors (Lipinski definition) is 2. The highest BCUT2D eigenvalue weighted by Gasteiger charge is 2.34. The average Bonchev–Trinajstić information content (AvgIpc) is 3.01. The van der Waals surface area contributed by atoms with Crippen LogP contribution in [-0.4, -0.2) is 22.9 Å². The number of alkyl halides is 3. The molecular formula is C20H18F3N3O2. The predicted octanol–water partition coefficient (Wildman–Crippen LogP) is 3.49. The monoisotopic (exact) mass is 389 g/mol. The van der Waals surface area contributed by atoms with Gasteiger partial charge in [-0.3, -0.25) is 9.59 Å². The van der Waals surface area contributed by atoms with Crippen LogP contribution in [0.2, 0.25) is 0 Å². The lowest BCUT2D eigenvalue weighted by atomic mass is 10.1. The predicted molar refractivity (Wildman–Crippen MR) is 99.7 cm³/mol. The molecule has 1 aromatic heterocycles. The maximum atomic E-state index is 12.9. The standard InChI is InChI=1S/C20H18F3N3O2/c1-26-11-9-14-12-13(6-7-17(14)26)8-10-24-18(27)19(28)25-16-5-3-2-4-15(16)20(21,22)23/h2-7,9,11-12H,8,10H2,1H3,(H,24,27)(H,25,28). The molecular weight excluding hydrogens is 371 g/mol. The number of halogens is 3. The first-order valence-electron chi connectivity index (χ1n) is 8.55. The van der Waals surface area contributed by atoms with Crippen molar-refractivity contribution in [2.75, 3.05) is 11.9 Å². The number of nitrogens with one attached hydrogen (secondary N) is 2. The number of anilines is 1. The number of benzene rings is 2. The van der Waals surface area contributed by atoms with Crippen LogP contribution in [0.5, 0.6) is 0 Å². The number of para-hydroxylation sites is 1. The zero-order valence-electron chi connectivity index (χ0n) is 15.0. The number of hydrogen-bond donors (Lipinski definition) is 2. The summed E-state index contributed by atoms with van der Waals surface area (Å²) in [5.74, 6) is -2.13. The Hall–Kier alpha value is -3.29.